The Morgan fingerprint density at radius 1 is 1.34 bits per heavy atom. The molecule has 0 saturated carbocycles. The third-order valence-corrected chi connectivity index (χ3v) is 13.1. The summed E-state index contributed by atoms with van der Waals surface area (Å²) < 4.78 is 12.0. The molecule has 1 spiro atoms. The first-order valence-corrected chi connectivity index (χ1v) is 13.1. The Morgan fingerprint density at radius 3 is 2.72 bits per heavy atom. The number of nitriles is 1. The molecule has 1 aromatic rings. The van der Waals surface area contributed by atoms with Gasteiger partial charge in [0.15, 0.2) is 21.2 Å². The van der Waals surface area contributed by atoms with Crippen LogP contribution in [0.15, 0.2) is 16.6 Å². The molecule has 0 aliphatic carbocycles. The lowest BCUT2D eigenvalue weighted by Crippen LogP contribution is -2.60. The minimum Gasteiger partial charge on any atom is -0.454 e. The van der Waals surface area contributed by atoms with E-state index in [1.54, 1.807) is 31.9 Å². The van der Waals surface area contributed by atoms with E-state index in [0.29, 0.717) is 21.5 Å². The summed E-state index contributed by atoms with van der Waals surface area (Å²) >= 11 is 8.94. The van der Waals surface area contributed by atoms with Gasteiger partial charge in [0.05, 0.1) is 17.5 Å². The number of ether oxygens (including phenoxy) is 2. The van der Waals surface area contributed by atoms with E-state index in [0.717, 1.165) is 8.88 Å². The zero-order valence-corrected chi connectivity index (χ0v) is 19.8. The summed E-state index contributed by atoms with van der Waals surface area (Å²) in [5.41, 5.74) is -0.337. The normalized spacial score (nSPS) is 39.1. The Bertz CT molecular complexity index is 1130. The molecule has 0 N–H and O–H groups in total. The Balaban J connectivity index is 1.84. The average Bonchev–Trinajstić information content (AvgIpc) is 3.35. The van der Waals surface area contributed by atoms with Gasteiger partial charge in [-0.25, -0.2) is 0 Å². The predicted molar refractivity (Wildman–Crippen MR) is 114 cm³/mol. The number of rotatable bonds is 1. The molecule has 0 aromatic heterocycles. The van der Waals surface area contributed by atoms with Gasteiger partial charge in [0.1, 0.15) is 0 Å². The van der Waals surface area contributed by atoms with Crippen molar-refractivity contribution in [2.45, 2.75) is 36.1 Å². The van der Waals surface area contributed by atoms with Gasteiger partial charge in [0.2, 0.25) is 6.79 Å². The monoisotopic (exact) mass is 513 g/mol. The number of nitrogens with zero attached hydrogens (tertiary/aromatic N) is 3. The van der Waals surface area contributed by atoms with Crippen molar-refractivity contribution in [3.8, 4) is 17.6 Å². The molecule has 1 aromatic carbocycles. The van der Waals surface area contributed by atoms with Crippen molar-refractivity contribution in [2.75, 3.05) is 13.8 Å². The second kappa shape index (κ2) is 5.81. The molecule has 4 aliphatic rings. The van der Waals surface area contributed by atoms with Gasteiger partial charge in [0, 0.05) is 23.5 Å². The number of piperazine rings is 1. The van der Waals surface area contributed by atoms with Crippen molar-refractivity contribution in [3.63, 3.8) is 0 Å². The summed E-state index contributed by atoms with van der Waals surface area (Å²) in [5.74, 6) is 0.751. The fraction of sp³-hybridized carbons (Fsp3) is 0.500. The van der Waals surface area contributed by atoms with Crippen LogP contribution in [0, 0.1) is 16.7 Å². The first kappa shape index (κ1) is 19.5. The summed E-state index contributed by atoms with van der Waals surface area (Å²) in [6.07, 6.45) is 0.232. The molecule has 4 heterocycles. The molecule has 4 aliphatic heterocycles. The average molecular weight is 514 g/mol. The molecule has 3 saturated heterocycles. The quantitative estimate of drug-likeness (QED) is 0.570. The summed E-state index contributed by atoms with van der Waals surface area (Å²) in [7, 11) is 1.99. The lowest BCUT2D eigenvalue weighted by Gasteiger charge is -2.40. The van der Waals surface area contributed by atoms with Crippen LogP contribution in [0.1, 0.15) is 31.9 Å². The van der Waals surface area contributed by atoms with Crippen molar-refractivity contribution in [1.82, 2.24) is 9.80 Å². The van der Waals surface area contributed by atoms with Crippen molar-refractivity contribution in [3.05, 3.63) is 22.2 Å². The molecular formula is C18H16BrN3O4S3. The first-order chi connectivity index (χ1) is 13.7. The minimum atomic E-state index is -1.12. The van der Waals surface area contributed by atoms with Crippen LogP contribution in [0.4, 0.5) is 0 Å². The van der Waals surface area contributed by atoms with Gasteiger partial charge < -0.3 is 19.3 Å². The Kier molecular flexibility index (Phi) is 3.90. The lowest BCUT2D eigenvalue weighted by molar-refractivity contribution is -0.159. The molecule has 5 rings (SSSR count). The van der Waals surface area contributed by atoms with E-state index in [2.05, 4.69) is 22.0 Å². The number of halogens is 1. The van der Waals surface area contributed by atoms with Crippen molar-refractivity contribution < 1.29 is 19.1 Å². The van der Waals surface area contributed by atoms with E-state index in [-0.39, 0.29) is 25.0 Å². The highest BCUT2D eigenvalue weighted by molar-refractivity contribution is 9.10. The molecule has 3 fully saturated rings. The largest absolute Gasteiger partial charge is 0.454 e. The standard InChI is InChI=1S/C18H16BrN3O4S3/c1-16(7-20)6-18-15(24)21(3)17(2,29(18)28-27)14(23)22(18)13(16)11-9(19)4-5-10-12(11)26-8-25-10/h4-5,13H,6,8H2,1-3H3/t13-,16+,17?,18+,29?/m0/s1. The lowest BCUT2D eigenvalue weighted by atomic mass is 9.79. The van der Waals surface area contributed by atoms with Crippen molar-refractivity contribution in [2.24, 2.45) is 5.41 Å². The first-order valence-electron chi connectivity index (χ1n) is 8.84. The summed E-state index contributed by atoms with van der Waals surface area (Å²) in [6.45, 7) is 3.66. The zero-order chi connectivity index (χ0) is 20.9. The minimum absolute atomic E-state index is 0.0691. The molecule has 5 atom stereocenters. The fourth-order valence-corrected chi connectivity index (χ4v) is 12.4. The second-order valence-electron chi connectivity index (χ2n) is 7.95. The molecule has 0 radical (unpaired) electrons. The van der Waals surface area contributed by atoms with Crippen LogP contribution in [-0.2, 0) is 39.1 Å². The maximum atomic E-state index is 13.8. The van der Waals surface area contributed by atoms with Gasteiger partial charge in [-0.05, 0) is 55.5 Å². The molecule has 11 heteroatoms. The number of hydrogen-bond donors (Lipinski definition) is 0. The van der Waals surface area contributed by atoms with Crippen LogP contribution in [0.25, 0.3) is 0 Å². The predicted octanol–water partition coefficient (Wildman–Crippen LogP) is 1.96. The van der Waals surface area contributed by atoms with Crippen LogP contribution in [0.2, 0.25) is 0 Å². The van der Waals surface area contributed by atoms with E-state index in [4.69, 9.17) is 20.7 Å². The van der Waals surface area contributed by atoms with Gasteiger partial charge in [0.25, 0.3) is 11.8 Å². The van der Waals surface area contributed by atoms with Gasteiger partial charge in [-0.3, -0.25) is 9.59 Å². The Labute approximate surface area is 185 Å². The van der Waals surface area contributed by atoms with Crippen LogP contribution < -0.4 is 9.47 Å². The summed E-state index contributed by atoms with van der Waals surface area (Å²) in [4.78, 5) is 28.3. The van der Waals surface area contributed by atoms with E-state index in [1.165, 1.54) is 4.90 Å². The molecule has 152 valence electrons. The molecule has 2 amide bonds. The Hall–Kier alpha value is -1.48. The number of benzene rings is 1. The number of carbonyl (C=O) groups excluding carboxylic acids is 2. The molecule has 29 heavy (non-hydrogen) atoms. The van der Waals surface area contributed by atoms with E-state index >= 15 is 0 Å². The SMILES string of the molecule is CN1C(=O)[C@]23C[C@](C)(C#N)[C@H](c4c(Br)ccc5c4OCO5)N2C(=O)C1(C)S3=S=S. The van der Waals surface area contributed by atoms with Crippen molar-refractivity contribution >= 4 is 57.3 Å². The van der Waals surface area contributed by atoms with Crippen molar-refractivity contribution in [1.29, 1.82) is 5.26 Å². The number of carbonyl (C=O) groups is 2. The Morgan fingerprint density at radius 2 is 2.07 bits per heavy atom. The highest BCUT2D eigenvalue weighted by Crippen LogP contribution is 2.67. The summed E-state index contributed by atoms with van der Waals surface area (Å²) in [6, 6.07) is 5.35. The third-order valence-electron chi connectivity index (χ3n) is 6.54. The number of amides is 2. The van der Waals surface area contributed by atoms with Gasteiger partial charge >= 0.3 is 0 Å². The van der Waals surface area contributed by atoms with Gasteiger partial charge in [-0.2, -0.15) is 5.26 Å². The van der Waals surface area contributed by atoms with Crippen LogP contribution in [0.3, 0.4) is 0 Å². The van der Waals surface area contributed by atoms with E-state index in [1.807, 2.05) is 6.07 Å². The molecular weight excluding hydrogens is 498 g/mol. The smallest absolute Gasteiger partial charge is 0.261 e. The zero-order valence-electron chi connectivity index (χ0n) is 15.7. The highest BCUT2D eigenvalue weighted by Gasteiger charge is 2.81. The van der Waals surface area contributed by atoms with E-state index < -0.39 is 30.7 Å². The van der Waals surface area contributed by atoms with E-state index in [9.17, 15) is 14.9 Å². The summed E-state index contributed by atoms with van der Waals surface area (Å²) in [5, 5.41) is 10.2. The molecule has 7 nitrogen and oxygen atoms in total. The topological polar surface area (TPSA) is 82.9 Å². The maximum Gasteiger partial charge on any atom is 0.261 e. The van der Waals surface area contributed by atoms with Gasteiger partial charge in [-0.15, -0.1) is 0 Å². The van der Waals surface area contributed by atoms with Crippen LogP contribution in [0.5, 0.6) is 11.5 Å². The highest BCUT2D eigenvalue weighted by atomic mass is 79.9. The fourth-order valence-electron chi connectivity index (χ4n) is 5.12. The van der Waals surface area contributed by atoms with Gasteiger partial charge in [-0.1, -0.05) is 15.9 Å². The number of likely N-dealkylation sites (N-methyl/N-ethyl adjacent to an activating group) is 1. The van der Waals surface area contributed by atoms with Crippen LogP contribution in [-0.4, -0.2) is 45.2 Å². The third kappa shape index (κ3) is 1.95. The maximum absolute atomic E-state index is 13.8. The number of fused-ring (bicyclic) bond motifs is 2. The molecule has 2 unspecified atom stereocenters. The second-order valence-corrected chi connectivity index (χ2v) is 13.6. The van der Waals surface area contributed by atoms with Crippen LogP contribution >= 0.6 is 15.9 Å². The number of hydrogen-bond acceptors (Lipinski definition) is 6. The molecule has 2 bridgehead atoms.